The molecule has 3 aliphatic rings. The Balaban J connectivity index is 2.00. The van der Waals surface area contributed by atoms with E-state index in [1.54, 1.807) is 0 Å². The number of halogens is 1. The zero-order valence-corrected chi connectivity index (χ0v) is 13.2. The van der Waals surface area contributed by atoms with Crippen molar-refractivity contribution in [2.45, 2.75) is 39.3 Å². The molecule has 4 heteroatoms. The third-order valence-electron chi connectivity index (χ3n) is 4.76. The summed E-state index contributed by atoms with van der Waals surface area (Å²) in [6.07, 6.45) is 0. The fourth-order valence-electron chi connectivity index (χ4n) is 2.89. The van der Waals surface area contributed by atoms with E-state index in [0.717, 1.165) is 5.56 Å². The molecule has 0 aliphatic carbocycles. The second-order valence-electron chi connectivity index (χ2n) is 6.84. The number of benzene rings is 1. The van der Waals surface area contributed by atoms with E-state index in [9.17, 15) is 0 Å². The highest BCUT2D eigenvalue weighted by molar-refractivity contribution is 6.30. The Labute approximate surface area is 125 Å². The lowest BCUT2D eigenvalue weighted by Gasteiger charge is -2.59. The molecule has 20 heavy (non-hydrogen) atoms. The molecule has 110 valence electrons. The van der Waals surface area contributed by atoms with Crippen molar-refractivity contribution in [3.63, 3.8) is 0 Å². The Morgan fingerprint density at radius 3 is 2.15 bits per heavy atom. The van der Waals surface area contributed by atoms with E-state index in [2.05, 4.69) is 27.7 Å². The summed E-state index contributed by atoms with van der Waals surface area (Å²) < 4.78 is 18.2. The first-order valence-corrected chi connectivity index (χ1v) is 7.39. The predicted molar refractivity (Wildman–Crippen MR) is 77.5 cm³/mol. The maximum Gasteiger partial charge on any atom is 0.312 e. The van der Waals surface area contributed by atoms with E-state index >= 15 is 0 Å². The first kappa shape index (κ1) is 14.3. The van der Waals surface area contributed by atoms with E-state index < -0.39 is 5.97 Å². The highest BCUT2D eigenvalue weighted by Crippen LogP contribution is 2.53. The molecule has 0 spiro atoms. The average molecular weight is 297 g/mol. The Morgan fingerprint density at radius 2 is 1.65 bits per heavy atom. The van der Waals surface area contributed by atoms with Crippen LogP contribution in [0.3, 0.4) is 0 Å². The average Bonchev–Trinajstić information content (AvgIpc) is 2.39. The Hall–Kier alpha value is -0.610. The van der Waals surface area contributed by atoms with Crippen molar-refractivity contribution >= 4 is 11.6 Å². The van der Waals surface area contributed by atoms with Gasteiger partial charge >= 0.3 is 5.97 Å². The molecular formula is C16H21ClO3. The summed E-state index contributed by atoms with van der Waals surface area (Å²) in [7, 11) is 0. The SMILES string of the molecule is CC(C)(C)C1(C)OC2(c3ccc(Cl)cc3)OCC1CO2. The molecule has 3 aliphatic heterocycles. The molecule has 0 aromatic heterocycles. The molecule has 2 bridgehead atoms. The van der Waals surface area contributed by atoms with Gasteiger partial charge in [-0.1, -0.05) is 32.4 Å². The number of rotatable bonds is 1. The summed E-state index contributed by atoms with van der Waals surface area (Å²) in [4.78, 5) is 0. The van der Waals surface area contributed by atoms with Crippen LogP contribution >= 0.6 is 11.6 Å². The largest absolute Gasteiger partial charge is 0.323 e. The molecule has 1 aromatic rings. The molecule has 4 rings (SSSR count). The van der Waals surface area contributed by atoms with Gasteiger partial charge in [0.05, 0.1) is 18.8 Å². The van der Waals surface area contributed by atoms with Gasteiger partial charge in [0, 0.05) is 16.5 Å². The molecule has 0 radical (unpaired) electrons. The van der Waals surface area contributed by atoms with Crippen molar-refractivity contribution in [2.24, 2.45) is 11.3 Å². The molecule has 0 N–H and O–H groups in total. The van der Waals surface area contributed by atoms with Gasteiger partial charge in [-0.25, -0.2) is 0 Å². The molecule has 3 fully saturated rings. The zero-order chi connectivity index (χ0) is 14.6. The van der Waals surface area contributed by atoms with Crippen LogP contribution in [0.1, 0.15) is 33.3 Å². The summed E-state index contributed by atoms with van der Waals surface area (Å²) in [6.45, 7) is 10.1. The van der Waals surface area contributed by atoms with Gasteiger partial charge in [0.25, 0.3) is 0 Å². The number of hydrogen-bond acceptors (Lipinski definition) is 3. The van der Waals surface area contributed by atoms with E-state index in [4.69, 9.17) is 25.8 Å². The van der Waals surface area contributed by atoms with Crippen LogP contribution in [-0.4, -0.2) is 18.8 Å². The summed E-state index contributed by atoms with van der Waals surface area (Å²) in [5, 5.41) is 0.688. The van der Waals surface area contributed by atoms with Crippen molar-refractivity contribution in [2.75, 3.05) is 13.2 Å². The third kappa shape index (κ3) is 2.00. The normalized spacial score (nSPS) is 37.1. The Morgan fingerprint density at radius 1 is 1.10 bits per heavy atom. The molecule has 0 saturated carbocycles. The van der Waals surface area contributed by atoms with E-state index in [1.807, 2.05) is 24.3 Å². The lowest BCUT2D eigenvalue weighted by Crippen LogP contribution is -2.66. The molecule has 1 unspecified atom stereocenters. The van der Waals surface area contributed by atoms with Gasteiger partial charge in [-0.05, 0) is 36.6 Å². The maximum absolute atomic E-state index is 6.36. The molecule has 3 heterocycles. The highest BCUT2D eigenvalue weighted by atomic mass is 35.5. The van der Waals surface area contributed by atoms with Crippen LogP contribution in [0.2, 0.25) is 5.02 Å². The lowest BCUT2D eigenvalue weighted by atomic mass is 9.69. The van der Waals surface area contributed by atoms with Crippen molar-refractivity contribution < 1.29 is 14.2 Å². The Kier molecular flexibility index (Phi) is 3.18. The third-order valence-corrected chi connectivity index (χ3v) is 5.01. The second kappa shape index (κ2) is 4.44. The first-order valence-electron chi connectivity index (χ1n) is 7.01. The highest BCUT2D eigenvalue weighted by Gasteiger charge is 2.60. The van der Waals surface area contributed by atoms with Gasteiger partial charge in [-0.2, -0.15) is 0 Å². The quantitative estimate of drug-likeness (QED) is 0.785. The van der Waals surface area contributed by atoms with Crippen molar-refractivity contribution in [1.29, 1.82) is 0 Å². The smallest absolute Gasteiger partial charge is 0.312 e. The molecule has 0 amide bonds. The molecule has 1 aromatic carbocycles. The Bertz CT molecular complexity index is 497. The monoisotopic (exact) mass is 296 g/mol. The van der Waals surface area contributed by atoms with Gasteiger partial charge in [0.15, 0.2) is 0 Å². The van der Waals surface area contributed by atoms with Gasteiger partial charge in [0.1, 0.15) is 0 Å². The lowest BCUT2D eigenvalue weighted by molar-refractivity contribution is -0.511. The fourth-order valence-corrected chi connectivity index (χ4v) is 3.02. The molecule has 3 nitrogen and oxygen atoms in total. The maximum atomic E-state index is 6.36. The molecule has 1 atom stereocenters. The topological polar surface area (TPSA) is 27.7 Å². The fraction of sp³-hybridized carbons (Fsp3) is 0.625. The van der Waals surface area contributed by atoms with E-state index in [0.29, 0.717) is 18.2 Å². The minimum atomic E-state index is -1.10. The minimum Gasteiger partial charge on any atom is -0.323 e. The second-order valence-corrected chi connectivity index (χ2v) is 7.28. The first-order chi connectivity index (χ1) is 9.27. The van der Waals surface area contributed by atoms with Gasteiger partial charge in [-0.15, -0.1) is 0 Å². The number of ether oxygens (including phenoxy) is 3. The zero-order valence-electron chi connectivity index (χ0n) is 12.4. The van der Waals surface area contributed by atoms with Crippen molar-refractivity contribution in [3.8, 4) is 0 Å². The van der Waals surface area contributed by atoms with E-state index in [1.165, 1.54) is 0 Å². The van der Waals surface area contributed by atoms with Crippen LogP contribution < -0.4 is 0 Å². The summed E-state index contributed by atoms with van der Waals surface area (Å²) in [5.74, 6) is -0.849. The van der Waals surface area contributed by atoms with Crippen LogP contribution in [0.15, 0.2) is 24.3 Å². The van der Waals surface area contributed by atoms with E-state index in [-0.39, 0.29) is 16.9 Å². The van der Waals surface area contributed by atoms with Gasteiger partial charge < -0.3 is 14.2 Å². The standard InChI is InChI=1S/C16H21ClO3/c1-14(2,3)15(4)12-9-18-16(20-15,19-10-12)11-5-7-13(17)8-6-11/h5-8,12H,9-10H2,1-4H3. The summed E-state index contributed by atoms with van der Waals surface area (Å²) in [5.41, 5.74) is 0.571. The summed E-state index contributed by atoms with van der Waals surface area (Å²) in [6, 6.07) is 7.46. The van der Waals surface area contributed by atoms with Crippen LogP contribution in [-0.2, 0) is 20.2 Å². The number of fused-ring (bicyclic) bond motifs is 3. The predicted octanol–water partition coefficient (Wildman–Crippen LogP) is 3.95. The van der Waals surface area contributed by atoms with Crippen molar-refractivity contribution in [3.05, 3.63) is 34.9 Å². The van der Waals surface area contributed by atoms with Gasteiger partial charge in [0.2, 0.25) is 0 Å². The van der Waals surface area contributed by atoms with Crippen LogP contribution in [0, 0.1) is 11.3 Å². The van der Waals surface area contributed by atoms with Crippen molar-refractivity contribution in [1.82, 2.24) is 0 Å². The van der Waals surface area contributed by atoms with Crippen LogP contribution in [0.25, 0.3) is 0 Å². The number of hydrogen-bond donors (Lipinski definition) is 0. The molecular weight excluding hydrogens is 276 g/mol. The van der Waals surface area contributed by atoms with Gasteiger partial charge in [-0.3, -0.25) is 0 Å². The van der Waals surface area contributed by atoms with Crippen LogP contribution in [0.5, 0.6) is 0 Å². The molecule has 3 saturated heterocycles. The van der Waals surface area contributed by atoms with Crippen LogP contribution in [0.4, 0.5) is 0 Å². The summed E-state index contributed by atoms with van der Waals surface area (Å²) >= 11 is 5.96. The minimum absolute atomic E-state index is 0.00288.